The molecule has 0 radical (unpaired) electrons. The Morgan fingerprint density at radius 1 is 1.57 bits per heavy atom. The number of likely N-dealkylation sites (tertiary alicyclic amines) is 1. The van der Waals surface area contributed by atoms with Gasteiger partial charge in [0.2, 0.25) is 5.91 Å². The van der Waals surface area contributed by atoms with E-state index in [-0.39, 0.29) is 12.5 Å². The Bertz CT molecular complexity index is 220. The molecule has 2 aliphatic rings. The summed E-state index contributed by atoms with van der Waals surface area (Å²) in [7, 11) is 0. The first-order valence-electron chi connectivity index (χ1n) is 5.41. The maximum Gasteiger partial charge on any atom is 0.248 e. The van der Waals surface area contributed by atoms with Gasteiger partial charge in [0.05, 0.1) is 0 Å². The first-order valence-corrected chi connectivity index (χ1v) is 5.41. The summed E-state index contributed by atoms with van der Waals surface area (Å²) in [4.78, 5) is 13.7. The smallest absolute Gasteiger partial charge is 0.248 e. The average Bonchev–Trinajstić information content (AvgIpc) is 2.74. The van der Waals surface area contributed by atoms with Crippen LogP contribution in [0.5, 0.6) is 0 Å². The number of fused-ring (bicyclic) bond motifs is 1. The molecule has 0 spiro atoms. The Hall–Kier alpha value is -0.610. The van der Waals surface area contributed by atoms with Crippen LogP contribution in [-0.4, -0.2) is 49.7 Å². The number of carbonyl (C=O) groups excluding carboxylic acids is 1. The molecule has 2 heterocycles. The number of nitrogens with zero attached hydrogens (tertiary/aromatic N) is 1. The third kappa shape index (κ3) is 1.77. The first-order chi connectivity index (χ1) is 6.83. The van der Waals surface area contributed by atoms with Crippen LogP contribution in [0.2, 0.25) is 0 Å². The summed E-state index contributed by atoms with van der Waals surface area (Å²) in [5.41, 5.74) is 0. The van der Waals surface area contributed by atoms with Crippen molar-refractivity contribution in [3.05, 3.63) is 0 Å². The molecule has 2 rings (SSSR count). The highest BCUT2D eigenvalue weighted by Crippen LogP contribution is 2.26. The third-order valence-corrected chi connectivity index (χ3v) is 3.20. The number of nitrogens with one attached hydrogen (secondary N) is 1. The van der Waals surface area contributed by atoms with Crippen LogP contribution in [0, 0.1) is 5.92 Å². The van der Waals surface area contributed by atoms with Gasteiger partial charge in [-0.05, 0) is 19.3 Å². The molecule has 0 aromatic rings. The standard InChI is InChI=1S/C10H18N2O2/c1-2-14-7-10(13)12-4-3-8-5-11-6-9(8)12/h8-9,11H,2-7H2,1H3. The van der Waals surface area contributed by atoms with Crippen molar-refractivity contribution in [3.63, 3.8) is 0 Å². The monoisotopic (exact) mass is 198 g/mol. The normalized spacial score (nSPS) is 30.8. The molecule has 1 N–H and O–H groups in total. The van der Waals surface area contributed by atoms with Gasteiger partial charge in [0.15, 0.2) is 0 Å². The molecule has 0 bridgehead atoms. The lowest BCUT2D eigenvalue weighted by molar-refractivity contribution is -0.136. The predicted octanol–water partition coefficient (Wildman–Crippen LogP) is -0.157. The zero-order valence-electron chi connectivity index (χ0n) is 8.66. The molecule has 0 aliphatic carbocycles. The largest absolute Gasteiger partial charge is 0.372 e. The SMILES string of the molecule is CCOCC(=O)N1CCC2CNCC21. The van der Waals surface area contributed by atoms with Gasteiger partial charge in [-0.3, -0.25) is 4.79 Å². The lowest BCUT2D eigenvalue weighted by Gasteiger charge is -2.23. The van der Waals surface area contributed by atoms with Crippen LogP contribution in [0.25, 0.3) is 0 Å². The molecule has 4 heteroatoms. The molecule has 0 aromatic carbocycles. The van der Waals surface area contributed by atoms with Gasteiger partial charge in [-0.15, -0.1) is 0 Å². The minimum Gasteiger partial charge on any atom is -0.372 e. The van der Waals surface area contributed by atoms with E-state index in [0.717, 1.165) is 26.1 Å². The van der Waals surface area contributed by atoms with Crippen molar-refractivity contribution in [2.45, 2.75) is 19.4 Å². The lowest BCUT2D eigenvalue weighted by Crippen LogP contribution is -2.41. The molecule has 80 valence electrons. The number of amides is 1. The van der Waals surface area contributed by atoms with Crippen LogP contribution in [0.1, 0.15) is 13.3 Å². The third-order valence-electron chi connectivity index (χ3n) is 3.20. The van der Waals surface area contributed by atoms with E-state index in [4.69, 9.17) is 4.74 Å². The Morgan fingerprint density at radius 3 is 3.21 bits per heavy atom. The fourth-order valence-electron chi connectivity index (χ4n) is 2.43. The molecule has 1 amide bonds. The molecule has 4 nitrogen and oxygen atoms in total. The molecule has 14 heavy (non-hydrogen) atoms. The van der Waals surface area contributed by atoms with Crippen LogP contribution >= 0.6 is 0 Å². The maximum absolute atomic E-state index is 11.7. The van der Waals surface area contributed by atoms with Gasteiger partial charge >= 0.3 is 0 Å². The van der Waals surface area contributed by atoms with Crippen molar-refractivity contribution in [3.8, 4) is 0 Å². The molecule has 0 aromatic heterocycles. The average molecular weight is 198 g/mol. The van der Waals surface area contributed by atoms with Crippen LogP contribution in [0.15, 0.2) is 0 Å². The highest BCUT2D eigenvalue weighted by atomic mass is 16.5. The Balaban J connectivity index is 1.88. The summed E-state index contributed by atoms with van der Waals surface area (Å²) in [6.07, 6.45) is 1.15. The fourth-order valence-corrected chi connectivity index (χ4v) is 2.43. The summed E-state index contributed by atoms with van der Waals surface area (Å²) in [6, 6.07) is 0.433. The van der Waals surface area contributed by atoms with Gasteiger partial charge in [-0.1, -0.05) is 0 Å². The molecule has 2 fully saturated rings. The van der Waals surface area contributed by atoms with Gasteiger partial charge in [0.1, 0.15) is 6.61 Å². The van der Waals surface area contributed by atoms with E-state index in [1.54, 1.807) is 0 Å². The summed E-state index contributed by atoms with van der Waals surface area (Å²) in [5.74, 6) is 0.837. The zero-order valence-corrected chi connectivity index (χ0v) is 8.66. The van der Waals surface area contributed by atoms with Crippen molar-refractivity contribution >= 4 is 5.91 Å². The lowest BCUT2D eigenvalue weighted by atomic mass is 10.1. The van der Waals surface area contributed by atoms with E-state index in [1.807, 2.05) is 11.8 Å². The van der Waals surface area contributed by atoms with E-state index >= 15 is 0 Å². The molecule has 2 atom stereocenters. The quantitative estimate of drug-likeness (QED) is 0.685. The van der Waals surface area contributed by atoms with Gasteiger partial charge < -0.3 is 15.0 Å². The van der Waals surface area contributed by atoms with Crippen molar-refractivity contribution in [2.24, 2.45) is 5.92 Å². The van der Waals surface area contributed by atoms with Gasteiger partial charge in [0.25, 0.3) is 0 Å². The molecule has 0 saturated carbocycles. The topological polar surface area (TPSA) is 41.6 Å². The maximum atomic E-state index is 11.7. The van der Waals surface area contributed by atoms with Crippen LogP contribution in [-0.2, 0) is 9.53 Å². The minimum atomic E-state index is 0.156. The first kappa shape index (κ1) is 9.93. The number of hydrogen-bond donors (Lipinski definition) is 1. The summed E-state index contributed by atoms with van der Waals surface area (Å²) in [5, 5.41) is 3.33. The van der Waals surface area contributed by atoms with Crippen LogP contribution in [0.3, 0.4) is 0 Å². The number of ether oxygens (including phenoxy) is 1. The summed E-state index contributed by atoms with van der Waals surface area (Å²) < 4.78 is 5.14. The van der Waals surface area contributed by atoms with E-state index in [9.17, 15) is 4.79 Å². The molecule has 2 saturated heterocycles. The second-order valence-electron chi connectivity index (χ2n) is 4.00. The highest BCUT2D eigenvalue weighted by molar-refractivity contribution is 5.78. The van der Waals surface area contributed by atoms with Gasteiger partial charge in [-0.25, -0.2) is 0 Å². The second-order valence-corrected chi connectivity index (χ2v) is 4.00. The van der Waals surface area contributed by atoms with Crippen LogP contribution < -0.4 is 5.32 Å². The second kappa shape index (κ2) is 4.28. The van der Waals surface area contributed by atoms with E-state index in [2.05, 4.69) is 5.32 Å². The fraction of sp³-hybridized carbons (Fsp3) is 0.900. The van der Waals surface area contributed by atoms with Crippen molar-refractivity contribution in [1.82, 2.24) is 10.2 Å². The van der Waals surface area contributed by atoms with Crippen molar-refractivity contribution < 1.29 is 9.53 Å². The van der Waals surface area contributed by atoms with E-state index in [1.165, 1.54) is 0 Å². The molecular formula is C10H18N2O2. The molecular weight excluding hydrogens is 180 g/mol. The van der Waals surface area contributed by atoms with E-state index in [0.29, 0.717) is 18.6 Å². The number of carbonyl (C=O) groups is 1. The summed E-state index contributed by atoms with van der Waals surface area (Å²) in [6.45, 7) is 5.73. The number of rotatable bonds is 3. The Morgan fingerprint density at radius 2 is 2.43 bits per heavy atom. The highest BCUT2D eigenvalue weighted by Gasteiger charge is 2.39. The zero-order chi connectivity index (χ0) is 9.97. The summed E-state index contributed by atoms with van der Waals surface area (Å²) >= 11 is 0. The Labute approximate surface area is 84.6 Å². The minimum absolute atomic E-state index is 0.156. The van der Waals surface area contributed by atoms with Crippen molar-refractivity contribution in [1.29, 1.82) is 0 Å². The van der Waals surface area contributed by atoms with E-state index < -0.39 is 0 Å². The number of hydrogen-bond acceptors (Lipinski definition) is 3. The molecule has 2 aliphatic heterocycles. The van der Waals surface area contributed by atoms with Gasteiger partial charge in [-0.2, -0.15) is 0 Å². The van der Waals surface area contributed by atoms with Gasteiger partial charge in [0, 0.05) is 32.3 Å². The Kier molecular flexibility index (Phi) is 3.03. The molecule has 2 unspecified atom stereocenters. The van der Waals surface area contributed by atoms with Crippen molar-refractivity contribution in [2.75, 3.05) is 32.8 Å². The predicted molar refractivity (Wildman–Crippen MR) is 53.0 cm³/mol. The van der Waals surface area contributed by atoms with Crippen LogP contribution in [0.4, 0.5) is 0 Å².